The predicted octanol–water partition coefficient (Wildman–Crippen LogP) is 3.77. The molecule has 3 heteroatoms. The summed E-state index contributed by atoms with van der Waals surface area (Å²) in [6.45, 7) is 4.00. The Labute approximate surface area is 107 Å². The van der Waals surface area contributed by atoms with Crippen LogP contribution < -0.4 is 0 Å². The van der Waals surface area contributed by atoms with Crippen molar-refractivity contribution in [2.45, 2.75) is 39.5 Å². The SMILES string of the molecule is CC.O=C(O)c1ccc2[nH]c3c(c2c1)CCCC3. The highest BCUT2D eigenvalue weighted by molar-refractivity contribution is 5.95. The molecule has 1 aromatic heterocycles. The molecule has 1 aliphatic carbocycles. The third-order valence-corrected chi connectivity index (χ3v) is 3.35. The summed E-state index contributed by atoms with van der Waals surface area (Å²) in [7, 11) is 0. The zero-order valence-corrected chi connectivity index (χ0v) is 10.9. The topological polar surface area (TPSA) is 53.1 Å². The molecule has 3 nitrogen and oxygen atoms in total. The van der Waals surface area contributed by atoms with Gasteiger partial charge in [-0.1, -0.05) is 13.8 Å². The Hall–Kier alpha value is -1.77. The van der Waals surface area contributed by atoms with Crippen LogP contribution in [0.5, 0.6) is 0 Å². The zero-order chi connectivity index (χ0) is 13.1. The monoisotopic (exact) mass is 245 g/mol. The highest BCUT2D eigenvalue weighted by Gasteiger charge is 2.16. The number of aryl methyl sites for hydroxylation is 2. The quantitative estimate of drug-likeness (QED) is 0.803. The second-order valence-electron chi connectivity index (χ2n) is 4.35. The summed E-state index contributed by atoms with van der Waals surface area (Å²) >= 11 is 0. The molecule has 0 spiro atoms. The van der Waals surface area contributed by atoms with Gasteiger partial charge in [0.1, 0.15) is 0 Å². The number of hydrogen-bond donors (Lipinski definition) is 2. The molecule has 0 fully saturated rings. The normalized spacial score (nSPS) is 13.7. The summed E-state index contributed by atoms with van der Waals surface area (Å²) < 4.78 is 0. The number of aromatic nitrogens is 1. The van der Waals surface area contributed by atoms with Crippen LogP contribution in [0, 0.1) is 0 Å². The van der Waals surface area contributed by atoms with E-state index in [0.29, 0.717) is 5.56 Å². The number of rotatable bonds is 1. The fourth-order valence-corrected chi connectivity index (χ4v) is 2.54. The summed E-state index contributed by atoms with van der Waals surface area (Å²) in [4.78, 5) is 14.3. The molecule has 0 aliphatic heterocycles. The average molecular weight is 245 g/mol. The van der Waals surface area contributed by atoms with Gasteiger partial charge < -0.3 is 10.1 Å². The standard InChI is InChI=1S/C13H13NO2.C2H6/c15-13(16)8-5-6-12-10(7-8)9-3-1-2-4-11(9)14-12;1-2/h5-7,14H,1-4H2,(H,15,16);1-2H3. The molecule has 1 aromatic carbocycles. The molecule has 0 atom stereocenters. The first-order valence-corrected chi connectivity index (χ1v) is 6.62. The summed E-state index contributed by atoms with van der Waals surface area (Å²) in [5.41, 5.74) is 4.06. The minimum atomic E-state index is -0.854. The van der Waals surface area contributed by atoms with Crippen molar-refractivity contribution in [1.29, 1.82) is 0 Å². The number of nitrogens with one attached hydrogen (secondary N) is 1. The first-order chi connectivity index (χ1) is 8.75. The second-order valence-corrected chi connectivity index (χ2v) is 4.35. The summed E-state index contributed by atoms with van der Waals surface area (Å²) in [6, 6.07) is 5.32. The molecule has 1 heterocycles. The van der Waals surface area contributed by atoms with E-state index in [1.165, 1.54) is 24.1 Å². The molecule has 18 heavy (non-hydrogen) atoms. The lowest BCUT2D eigenvalue weighted by molar-refractivity contribution is 0.0697. The first kappa shape index (κ1) is 12.7. The van der Waals surface area contributed by atoms with Gasteiger partial charge in [0.2, 0.25) is 0 Å². The van der Waals surface area contributed by atoms with Crippen LogP contribution in [-0.2, 0) is 12.8 Å². The number of aromatic amines is 1. The molecule has 3 rings (SSSR count). The Morgan fingerprint density at radius 3 is 2.67 bits per heavy atom. The van der Waals surface area contributed by atoms with Crippen molar-refractivity contribution in [2.75, 3.05) is 0 Å². The maximum Gasteiger partial charge on any atom is 0.335 e. The number of benzene rings is 1. The van der Waals surface area contributed by atoms with Crippen LogP contribution in [0.25, 0.3) is 10.9 Å². The minimum absolute atomic E-state index is 0.375. The van der Waals surface area contributed by atoms with E-state index in [-0.39, 0.29) is 0 Å². The molecule has 0 saturated heterocycles. The summed E-state index contributed by atoms with van der Waals surface area (Å²) in [5, 5.41) is 10.1. The van der Waals surface area contributed by atoms with Crippen LogP contribution >= 0.6 is 0 Å². The van der Waals surface area contributed by atoms with Crippen molar-refractivity contribution in [1.82, 2.24) is 4.98 Å². The third-order valence-electron chi connectivity index (χ3n) is 3.35. The molecule has 1 aliphatic rings. The highest BCUT2D eigenvalue weighted by atomic mass is 16.4. The van der Waals surface area contributed by atoms with Gasteiger partial charge in [0.05, 0.1) is 5.56 Å². The van der Waals surface area contributed by atoms with Crippen LogP contribution in [0.3, 0.4) is 0 Å². The third kappa shape index (κ3) is 2.13. The maximum absolute atomic E-state index is 10.9. The van der Waals surface area contributed by atoms with Gasteiger partial charge in [-0.15, -0.1) is 0 Å². The van der Waals surface area contributed by atoms with Crippen molar-refractivity contribution in [2.24, 2.45) is 0 Å². The molecule has 96 valence electrons. The van der Waals surface area contributed by atoms with E-state index in [2.05, 4.69) is 4.98 Å². The zero-order valence-electron chi connectivity index (χ0n) is 10.9. The van der Waals surface area contributed by atoms with Gasteiger partial charge in [0.25, 0.3) is 0 Å². The predicted molar refractivity (Wildman–Crippen MR) is 73.2 cm³/mol. The molecule has 2 N–H and O–H groups in total. The molecule has 0 bridgehead atoms. The van der Waals surface area contributed by atoms with Gasteiger partial charge in [-0.2, -0.15) is 0 Å². The average Bonchev–Trinajstić information content (AvgIpc) is 2.78. The fourth-order valence-electron chi connectivity index (χ4n) is 2.54. The van der Waals surface area contributed by atoms with Crippen LogP contribution in [0.2, 0.25) is 0 Å². The molecule has 2 aromatic rings. The van der Waals surface area contributed by atoms with Crippen LogP contribution in [-0.4, -0.2) is 16.1 Å². The van der Waals surface area contributed by atoms with E-state index in [4.69, 9.17) is 5.11 Å². The van der Waals surface area contributed by atoms with E-state index in [1.807, 2.05) is 19.9 Å². The summed E-state index contributed by atoms with van der Waals surface area (Å²) in [5.74, 6) is -0.854. The van der Waals surface area contributed by atoms with Gasteiger partial charge in [-0.3, -0.25) is 0 Å². The van der Waals surface area contributed by atoms with Crippen molar-refractivity contribution in [3.8, 4) is 0 Å². The number of H-pyrrole nitrogens is 1. The Morgan fingerprint density at radius 1 is 1.22 bits per heavy atom. The maximum atomic E-state index is 10.9. The van der Waals surface area contributed by atoms with Crippen molar-refractivity contribution in [3.63, 3.8) is 0 Å². The number of carboxylic acids is 1. The van der Waals surface area contributed by atoms with E-state index >= 15 is 0 Å². The number of aromatic carboxylic acids is 1. The fraction of sp³-hybridized carbons (Fsp3) is 0.400. The Balaban J connectivity index is 0.000000574. The number of carbonyl (C=O) groups is 1. The summed E-state index contributed by atoms with van der Waals surface area (Å²) in [6.07, 6.45) is 4.59. The molecular formula is C15H19NO2. The number of carboxylic acid groups (broad SMARTS) is 1. The minimum Gasteiger partial charge on any atom is -0.478 e. The number of fused-ring (bicyclic) bond motifs is 3. The highest BCUT2D eigenvalue weighted by Crippen LogP contribution is 2.29. The van der Waals surface area contributed by atoms with E-state index in [0.717, 1.165) is 23.7 Å². The van der Waals surface area contributed by atoms with Gasteiger partial charge in [-0.25, -0.2) is 4.79 Å². The van der Waals surface area contributed by atoms with Crippen molar-refractivity contribution < 1.29 is 9.90 Å². The van der Waals surface area contributed by atoms with E-state index < -0.39 is 5.97 Å². The van der Waals surface area contributed by atoms with E-state index in [9.17, 15) is 4.79 Å². The van der Waals surface area contributed by atoms with Gasteiger partial charge in [-0.05, 0) is 49.4 Å². The Bertz CT molecular complexity index is 569. The van der Waals surface area contributed by atoms with Crippen LogP contribution in [0.1, 0.15) is 48.3 Å². The van der Waals surface area contributed by atoms with E-state index in [1.54, 1.807) is 12.1 Å². The lowest BCUT2D eigenvalue weighted by Gasteiger charge is -2.10. The lowest BCUT2D eigenvalue weighted by atomic mass is 9.95. The van der Waals surface area contributed by atoms with Crippen LogP contribution in [0.4, 0.5) is 0 Å². The molecule has 0 amide bonds. The Kier molecular flexibility index (Phi) is 3.70. The largest absolute Gasteiger partial charge is 0.478 e. The van der Waals surface area contributed by atoms with Gasteiger partial charge >= 0.3 is 5.97 Å². The Morgan fingerprint density at radius 2 is 1.94 bits per heavy atom. The van der Waals surface area contributed by atoms with Gasteiger partial charge in [0.15, 0.2) is 0 Å². The van der Waals surface area contributed by atoms with Gasteiger partial charge in [0, 0.05) is 16.6 Å². The van der Waals surface area contributed by atoms with Crippen molar-refractivity contribution in [3.05, 3.63) is 35.0 Å². The molecule has 0 saturated carbocycles. The molecular weight excluding hydrogens is 226 g/mol. The number of hydrogen-bond acceptors (Lipinski definition) is 1. The lowest BCUT2D eigenvalue weighted by Crippen LogP contribution is -2.00. The van der Waals surface area contributed by atoms with Crippen LogP contribution in [0.15, 0.2) is 18.2 Å². The smallest absolute Gasteiger partial charge is 0.335 e. The molecule has 0 radical (unpaired) electrons. The van der Waals surface area contributed by atoms with Crippen molar-refractivity contribution >= 4 is 16.9 Å². The molecule has 0 unspecified atom stereocenters. The second kappa shape index (κ2) is 5.25. The first-order valence-electron chi connectivity index (χ1n) is 6.62.